The molecule has 0 rings (SSSR count). The Kier molecular flexibility index (Phi) is 23.6. The first-order valence-electron chi connectivity index (χ1n) is 1.31. The van der Waals surface area contributed by atoms with E-state index in [4.69, 9.17) is 49.8 Å². The first-order valence-corrected chi connectivity index (χ1v) is 2.62. The zero-order valence-corrected chi connectivity index (χ0v) is 5.78. The number of carboxylic acid groups (broad SMARTS) is 2. The third-order valence-corrected chi connectivity index (χ3v) is 0. The summed E-state index contributed by atoms with van der Waals surface area (Å²) in [4.78, 5) is 8.56. The van der Waals surface area contributed by atoms with Gasteiger partial charge in [-0.2, -0.15) is 0 Å². The van der Waals surface area contributed by atoms with E-state index in [0.717, 1.165) is 0 Å². The maximum absolute atomic E-state index is 8.56. The Hall–Kier alpha value is 1.78. The van der Waals surface area contributed by atoms with Gasteiger partial charge in [-0.3, -0.25) is 0 Å². The summed E-state index contributed by atoms with van der Waals surface area (Å²) in [6.45, 7) is 0. The van der Waals surface area contributed by atoms with Crippen LogP contribution in [0.25, 0.3) is 0 Å². The van der Waals surface area contributed by atoms with E-state index < -0.39 is 10.5 Å². The molecular weight excluding hydrogens is 217 g/mol. The van der Waals surface area contributed by atoms with E-state index in [9.17, 15) is 0 Å². The van der Waals surface area contributed by atoms with Crippen LogP contribution in [-0.4, -0.2) is 72.0 Å². The van der Waals surface area contributed by atoms with E-state index >= 15 is 0 Å². The molecule has 3 nitrogen and oxygen atoms in total. The number of halogens is 3. The molecule has 0 spiro atoms. The van der Waals surface area contributed by atoms with Crippen molar-refractivity contribution in [1.82, 2.24) is 0 Å². The van der Waals surface area contributed by atoms with Crippen molar-refractivity contribution in [1.29, 1.82) is 0 Å². The Balaban J connectivity index is -0.0000000720. The van der Waals surface area contributed by atoms with Crippen molar-refractivity contribution < 1.29 is 15.0 Å². The predicted molar refractivity (Wildman–Crippen MR) is 39.1 cm³/mol. The van der Waals surface area contributed by atoms with Gasteiger partial charge in [0.2, 0.25) is 0 Å². The fourth-order valence-electron chi connectivity index (χ4n) is 0. The predicted octanol–water partition coefficient (Wildman–Crippen LogP) is 1.56. The molecule has 2 N–H and O–H groups in total. The maximum atomic E-state index is 8.56. The number of rotatable bonds is 0. The normalized spacial score (nSPS) is 6.67. The summed E-state index contributed by atoms with van der Waals surface area (Å²) in [6.07, 6.45) is -1.83. The van der Waals surface area contributed by atoms with Crippen molar-refractivity contribution in [3.8, 4) is 0 Å². The van der Waals surface area contributed by atoms with Crippen LogP contribution in [-0.2, 0) is 0 Å². The molecule has 0 aromatic heterocycles. The minimum absolute atomic E-state index is 0. The van der Waals surface area contributed by atoms with Gasteiger partial charge in [0.05, 0.1) is 0 Å². The fraction of sp³-hybridized carbons (Fsp3) is 0.500. The molecule has 0 amide bonds. The molecular formula is C2H4Cl3KO3. The molecule has 7 heteroatoms. The summed E-state index contributed by atoms with van der Waals surface area (Å²) in [5.74, 6) is 0. The van der Waals surface area contributed by atoms with E-state index in [1.54, 1.807) is 0 Å². The average Bonchev–Trinajstić information content (AvgIpc) is 1.25. The Morgan fingerprint density at radius 2 is 1.22 bits per heavy atom. The summed E-state index contributed by atoms with van der Waals surface area (Å²) in [7, 11) is 0. The van der Waals surface area contributed by atoms with Gasteiger partial charge in [0.1, 0.15) is 0 Å². The summed E-state index contributed by atoms with van der Waals surface area (Å²) >= 11 is 14.4. The molecule has 0 aromatic rings. The van der Waals surface area contributed by atoms with E-state index in [1.807, 2.05) is 0 Å². The van der Waals surface area contributed by atoms with Gasteiger partial charge in [0, 0.05) is 0 Å². The standard InChI is InChI=1S/CHCl3.CH2O3.K.H/c2*2-1(3)4;;/h1H;(H2,2,3,4);;. The summed E-state index contributed by atoms with van der Waals surface area (Å²) < 4.78 is -0.750. The molecule has 0 saturated heterocycles. The van der Waals surface area contributed by atoms with Crippen molar-refractivity contribution in [2.75, 3.05) is 0 Å². The van der Waals surface area contributed by atoms with Crippen molar-refractivity contribution in [3.63, 3.8) is 0 Å². The van der Waals surface area contributed by atoms with Gasteiger partial charge in [-0.1, -0.05) is 34.8 Å². The Labute approximate surface area is 110 Å². The molecule has 0 unspecified atom stereocenters. The third-order valence-electron chi connectivity index (χ3n) is 0. The summed E-state index contributed by atoms with van der Waals surface area (Å²) in [5.41, 5.74) is 0. The van der Waals surface area contributed by atoms with Crippen LogP contribution < -0.4 is 0 Å². The Morgan fingerprint density at radius 1 is 1.22 bits per heavy atom. The van der Waals surface area contributed by atoms with Crippen molar-refractivity contribution in [2.24, 2.45) is 0 Å². The SMILES string of the molecule is ClC(Cl)Cl.O=C(O)O.[KH]. The van der Waals surface area contributed by atoms with Crippen molar-refractivity contribution >= 4 is 92.3 Å². The number of hydrogen-bond acceptors (Lipinski definition) is 1. The third kappa shape index (κ3) is 187. The van der Waals surface area contributed by atoms with Gasteiger partial charge in [0.15, 0.2) is 4.30 Å². The number of carbonyl (C=O) groups is 1. The van der Waals surface area contributed by atoms with Crippen LogP contribution >= 0.6 is 34.8 Å². The van der Waals surface area contributed by atoms with Crippen molar-refractivity contribution in [3.05, 3.63) is 0 Å². The molecule has 0 aliphatic carbocycles. The second-order valence-electron chi connectivity index (χ2n) is 0.530. The molecule has 0 aliphatic rings. The first-order chi connectivity index (χ1) is 3.46. The summed E-state index contributed by atoms with van der Waals surface area (Å²) in [6, 6.07) is 0. The molecule has 0 heterocycles. The zero-order chi connectivity index (χ0) is 7.15. The molecule has 0 saturated carbocycles. The molecule has 52 valence electrons. The molecule has 0 atom stereocenters. The van der Waals surface area contributed by atoms with Gasteiger partial charge in [-0.15, -0.1) is 0 Å². The van der Waals surface area contributed by atoms with E-state index in [-0.39, 0.29) is 51.4 Å². The van der Waals surface area contributed by atoms with Gasteiger partial charge < -0.3 is 10.2 Å². The molecule has 9 heavy (non-hydrogen) atoms. The van der Waals surface area contributed by atoms with Crippen LogP contribution in [0.15, 0.2) is 0 Å². The van der Waals surface area contributed by atoms with Gasteiger partial charge >= 0.3 is 57.5 Å². The molecule has 0 bridgehead atoms. The zero-order valence-electron chi connectivity index (χ0n) is 3.51. The van der Waals surface area contributed by atoms with Crippen molar-refractivity contribution in [2.45, 2.75) is 4.30 Å². The summed E-state index contributed by atoms with van der Waals surface area (Å²) in [5, 5.41) is 13.9. The van der Waals surface area contributed by atoms with Gasteiger partial charge in [-0.25, -0.2) is 4.79 Å². The van der Waals surface area contributed by atoms with Crippen LogP contribution in [0, 0.1) is 0 Å². The molecule has 0 radical (unpaired) electrons. The Morgan fingerprint density at radius 3 is 1.22 bits per heavy atom. The topological polar surface area (TPSA) is 57.5 Å². The second-order valence-corrected chi connectivity index (χ2v) is 2.51. The second kappa shape index (κ2) is 12.5. The monoisotopic (exact) mass is 220 g/mol. The molecule has 0 fully saturated rings. The van der Waals surface area contributed by atoms with Crippen LogP contribution in [0.3, 0.4) is 0 Å². The van der Waals surface area contributed by atoms with E-state index in [1.165, 1.54) is 0 Å². The van der Waals surface area contributed by atoms with Crippen LogP contribution in [0.1, 0.15) is 0 Å². The quantitative estimate of drug-likeness (QED) is 0.482. The fourth-order valence-corrected chi connectivity index (χ4v) is 0. The van der Waals surface area contributed by atoms with E-state index in [0.29, 0.717) is 0 Å². The van der Waals surface area contributed by atoms with Crippen LogP contribution in [0.2, 0.25) is 0 Å². The average molecular weight is 222 g/mol. The minimum atomic E-state index is -1.83. The Bertz CT molecular complexity index is 61.3. The molecule has 0 aromatic carbocycles. The number of alkyl halides is 3. The van der Waals surface area contributed by atoms with E-state index in [2.05, 4.69) is 0 Å². The van der Waals surface area contributed by atoms with Gasteiger partial charge in [0.25, 0.3) is 0 Å². The molecule has 0 aliphatic heterocycles. The van der Waals surface area contributed by atoms with Gasteiger partial charge in [-0.05, 0) is 0 Å². The first kappa shape index (κ1) is 17.0. The van der Waals surface area contributed by atoms with Crippen LogP contribution in [0.4, 0.5) is 4.79 Å². The van der Waals surface area contributed by atoms with Crippen LogP contribution in [0.5, 0.6) is 0 Å². The number of hydrogen-bond donors (Lipinski definition) is 2.